The van der Waals surface area contributed by atoms with Crippen LogP contribution in [0.3, 0.4) is 0 Å². The highest BCUT2D eigenvalue weighted by atomic mass is 32.2. The lowest BCUT2D eigenvalue weighted by Crippen LogP contribution is -2.41. The van der Waals surface area contributed by atoms with Crippen LogP contribution in [0, 0.1) is 6.92 Å². The first-order valence-corrected chi connectivity index (χ1v) is 9.43. The lowest BCUT2D eigenvalue weighted by Gasteiger charge is -2.32. The van der Waals surface area contributed by atoms with E-state index in [4.69, 9.17) is 9.47 Å². The van der Waals surface area contributed by atoms with Crippen molar-refractivity contribution in [1.82, 2.24) is 4.90 Å². The summed E-state index contributed by atoms with van der Waals surface area (Å²) >= 11 is 1.89. The molecule has 0 bridgehead atoms. The summed E-state index contributed by atoms with van der Waals surface area (Å²) in [5.74, 6) is 2.57. The molecule has 1 heterocycles. The van der Waals surface area contributed by atoms with Gasteiger partial charge in [0.25, 0.3) is 5.91 Å². The van der Waals surface area contributed by atoms with E-state index in [1.807, 2.05) is 60.0 Å². The number of hydrogen-bond donors (Lipinski definition) is 0. The van der Waals surface area contributed by atoms with E-state index in [1.54, 1.807) is 7.11 Å². The Labute approximate surface area is 153 Å². The molecular weight excluding hydrogens is 334 g/mol. The summed E-state index contributed by atoms with van der Waals surface area (Å²) in [4.78, 5) is 14.4. The monoisotopic (exact) mass is 357 g/mol. The molecule has 132 valence electrons. The number of nitrogens with zero attached hydrogens (tertiary/aromatic N) is 1. The van der Waals surface area contributed by atoms with Gasteiger partial charge in [0.05, 0.1) is 7.11 Å². The number of thioether (sulfide) groups is 1. The Balaban J connectivity index is 1.57. The van der Waals surface area contributed by atoms with Gasteiger partial charge in [-0.05, 0) is 42.3 Å². The quantitative estimate of drug-likeness (QED) is 0.818. The number of benzene rings is 2. The molecule has 1 unspecified atom stereocenters. The third-order valence-corrected chi connectivity index (χ3v) is 5.50. The molecule has 0 aromatic heterocycles. The van der Waals surface area contributed by atoms with Crippen LogP contribution in [0.2, 0.25) is 0 Å². The second-order valence-corrected chi connectivity index (χ2v) is 7.39. The number of amides is 1. The summed E-state index contributed by atoms with van der Waals surface area (Å²) in [7, 11) is 1.67. The van der Waals surface area contributed by atoms with Gasteiger partial charge in [-0.3, -0.25) is 4.79 Å². The van der Waals surface area contributed by atoms with Gasteiger partial charge in [-0.2, -0.15) is 11.8 Å². The first kappa shape index (κ1) is 17.7. The van der Waals surface area contributed by atoms with Crippen molar-refractivity contribution in [3.05, 3.63) is 59.7 Å². The van der Waals surface area contributed by atoms with Crippen LogP contribution in [0.1, 0.15) is 16.4 Å². The molecule has 0 saturated carbocycles. The first-order valence-electron chi connectivity index (χ1n) is 8.38. The smallest absolute Gasteiger partial charge is 0.260 e. The highest BCUT2D eigenvalue weighted by molar-refractivity contribution is 7.99. The Kier molecular flexibility index (Phi) is 5.87. The molecule has 1 saturated heterocycles. The minimum absolute atomic E-state index is 0.0420. The Morgan fingerprint density at radius 2 is 2.00 bits per heavy atom. The SMILES string of the molecule is COc1ccc(C2CN(C(=O)COc3cccc(C)c3)CCS2)cc1. The van der Waals surface area contributed by atoms with Crippen LogP contribution >= 0.6 is 11.8 Å². The fourth-order valence-electron chi connectivity index (χ4n) is 2.84. The van der Waals surface area contributed by atoms with E-state index in [9.17, 15) is 4.79 Å². The number of methoxy groups -OCH3 is 1. The molecule has 1 atom stereocenters. The Morgan fingerprint density at radius 1 is 1.20 bits per heavy atom. The van der Waals surface area contributed by atoms with Crippen LogP contribution in [-0.2, 0) is 4.79 Å². The zero-order valence-corrected chi connectivity index (χ0v) is 15.4. The van der Waals surface area contributed by atoms with Crippen LogP contribution in [0.5, 0.6) is 11.5 Å². The van der Waals surface area contributed by atoms with Crippen LogP contribution in [-0.4, -0.2) is 43.4 Å². The molecule has 3 rings (SSSR count). The van der Waals surface area contributed by atoms with Crippen molar-refractivity contribution in [2.75, 3.05) is 32.6 Å². The van der Waals surface area contributed by atoms with Gasteiger partial charge in [0, 0.05) is 24.1 Å². The predicted octanol–water partition coefficient (Wildman–Crippen LogP) is 3.70. The maximum atomic E-state index is 12.5. The molecule has 25 heavy (non-hydrogen) atoms. The number of rotatable bonds is 5. The van der Waals surface area contributed by atoms with Gasteiger partial charge < -0.3 is 14.4 Å². The molecule has 0 N–H and O–H groups in total. The molecule has 5 heteroatoms. The number of aryl methyl sites for hydroxylation is 1. The lowest BCUT2D eigenvalue weighted by atomic mass is 10.1. The normalized spacial score (nSPS) is 17.2. The predicted molar refractivity (Wildman–Crippen MR) is 101 cm³/mol. The van der Waals surface area contributed by atoms with Gasteiger partial charge in [-0.1, -0.05) is 24.3 Å². The van der Waals surface area contributed by atoms with Crippen LogP contribution < -0.4 is 9.47 Å². The van der Waals surface area contributed by atoms with E-state index in [-0.39, 0.29) is 12.5 Å². The maximum absolute atomic E-state index is 12.5. The van der Waals surface area contributed by atoms with E-state index in [0.29, 0.717) is 11.8 Å². The van der Waals surface area contributed by atoms with Gasteiger partial charge in [0.15, 0.2) is 6.61 Å². The van der Waals surface area contributed by atoms with E-state index in [0.717, 1.165) is 29.4 Å². The minimum Gasteiger partial charge on any atom is -0.497 e. The summed E-state index contributed by atoms with van der Waals surface area (Å²) in [5.41, 5.74) is 2.35. The van der Waals surface area contributed by atoms with Crippen molar-refractivity contribution in [1.29, 1.82) is 0 Å². The second-order valence-electron chi connectivity index (χ2n) is 6.08. The van der Waals surface area contributed by atoms with E-state index >= 15 is 0 Å². The average molecular weight is 357 g/mol. The van der Waals surface area contributed by atoms with Crippen molar-refractivity contribution < 1.29 is 14.3 Å². The molecule has 2 aromatic carbocycles. The summed E-state index contributed by atoms with van der Waals surface area (Å²) in [6.45, 7) is 3.58. The second kappa shape index (κ2) is 8.30. The van der Waals surface area contributed by atoms with Gasteiger partial charge in [0.1, 0.15) is 11.5 Å². The highest BCUT2D eigenvalue weighted by Gasteiger charge is 2.25. The Bertz CT molecular complexity index is 717. The first-order chi connectivity index (χ1) is 12.2. The molecule has 0 radical (unpaired) electrons. The van der Waals surface area contributed by atoms with Crippen LogP contribution in [0.25, 0.3) is 0 Å². The van der Waals surface area contributed by atoms with Crippen LogP contribution in [0.15, 0.2) is 48.5 Å². The van der Waals surface area contributed by atoms with E-state index in [2.05, 4.69) is 12.1 Å². The number of carbonyl (C=O) groups is 1. The molecule has 1 amide bonds. The zero-order valence-electron chi connectivity index (χ0n) is 14.6. The maximum Gasteiger partial charge on any atom is 0.260 e. The summed E-state index contributed by atoms with van der Waals surface area (Å²) in [6.07, 6.45) is 0. The average Bonchev–Trinajstić information content (AvgIpc) is 2.66. The third-order valence-electron chi connectivity index (χ3n) is 4.26. The summed E-state index contributed by atoms with van der Waals surface area (Å²) < 4.78 is 10.9. The lowest BCUT2D eigenvalue weighted by molar-refractivity contribution is -0.133. The van der Waals surface area contributed by atoms with Gasteiger partial charge in [-0.25, -0.2) is 0 Å². The third kappa shape index (κ3) is 4.69. The fourth-order valence-corrected chi connectivity index (χ4v) is 4.08. The Hall–Kier alpha value is -2.14. The summed E-state index contributed by atoms with van der Waals surface area (Å²) in [6, 6.07) is 15.9. The van der Waals surface area contributed by atoms with Crippen molar-refractivity contribution in [3.8, 4) is 11.5 Å². The molecule has 1 aliphatic rings. The van der Waals surface area contributed by atoms with E-state index < -0.39 is 0 Å². The summed E-state index contributed by atoms with van der Waals surface area (Å²) in [5, 5.41) is 0.294. The number of carbonyl (C=O) groups excluding carboxylic acids is 1. The van der Waals surface area contributed by atoms with Gasteiger partial charge in [-0.15, -0.1) is 0 Å². The van der Waals surface area contributed by atoms with Crippen molar-refractivity contribution in [2.45, 2.75) is 12.2 Å². The number of ether oxygens (including phenoxy) is 2. The number of hydrogen-bond acceptors (Lipinski definition) is 4. The van der Waals surface area contributed by atoms with Crippen LogP contribution in [0.4, 0.5) is 0 Å². The molecule has 1 fully saturated rings. The molecular formula is C20H23NO3S. The van der Waals surface area contributed by atoms with Gasteiger partial charge in [0.2, 0.25) is 0 Å². The zero-order chi connectivity index (χ0) is 17.6. The van der Waals surface area contributed by atoms with Gasteiger partial charge >= 0.3 is 0 Å². The van der Waals surface area contributed by atoms with Crippen molar-refractivity contribution >= 4 is 17.7 Å². The van der Waals surface area contributed by atoms with Crippen molar-refractivity contribution in [2.24, 2.45) is 0 Å². The molecule has 1 aliphatic heterocycles. The largest absolute Gasteiger partial charge is 0.497 e. The molecule has 0 spiro atoms. The van der Waals surface area contributed by atoms with Crippen molar-refractivity contribution in [3.63, 3.8) is 0 Å². The Morgan fingerprint density at radius 3 is 2.72 bits per heavy atom. The molecule has 2 aromatic rings. The molecule has 0 aliphatic carbocycles. The molecule has 4 nitrogen and oxygen atoms in total. The fraction of sp³-hybridized carbons (Fsp3) is 0.350. The standard InChI is InChI=1S/C20H23NO3S/c1-15-4-3-5-18(12-15)24-14-20(22)21-10-11-25-19(13-21)16-6-8-17(23-2)9-7-16/h3-9,12,19H,10-11,13-14H2,1-2H3. The van der Waals surface area contributed by atoms with E-state index in [1.165, 1.54) is 5.56 Å². The topological polar surface area (TPSA) is 38.8 Å². The highest BCUT2D eigenvalue weighted by Crippen LogP contribution is 2.34. The minimum atomic E-state index is 0.0420.